The summed E-state index contributed by atoms with van der Waals surface area (Å²) in [4.78, 5) is 31.1. The van der Waals surface area contributed by atoms with Crippen molar-refractivity contribution in [1.29, 1.82) is 0 Å². The molecule has 1 aromatic rings. The summed E-state index contributed by atoms with van der Waals surface area (Å²) in [6.45, 7) is 11.1. The van der Waals surface area contributed by atoms with Gasteiger partial charge in [0, 0.05) is 51.4 Å². The summed E-state index contributed by atoms with van der Waals surface area (Å²) in [7, 11) is 0. The van der Waals surface area contributed by atoms with Gasteiger partial charge in [-0.05, 0) is 20.4 Å². The molecule has 1 aromatic heterocycles. The topological polar surface area (TPSA) is 61.7 Å². The van der Waals surface area contributed by atoms with Crippen LogP contribution in [0.5, 0.6) is 0 Å². The molecule has 0 saturated carbocycles. The molecule has 1 atom stereocenters. The minimum Gasteiger partial charge on any atom is -0.340 e. The van der Waals surface area contributed by atoms with Gasteiger partial charge in [0.05, 0.1) is 17.8 Å². The fourth-order valence-electron chi connectivity index (χ4n) is 3.42. The van der Waals surface area contributed by atoms with E-state index in [-0.39, 0.29) is 23.8 Å². The third-order valence-electron chi connectivity index (χ3n) is 5.03. The van der Waals surface area contributed by atoms with Crippen LogP contribution in [0.3, 0.4) is 0 Å². The summed E-state index contributed by atoms with van der Waals surface area (Å²) in [5, 5.41) is 4.29. The number of hydrogen-bond donors (Lipinski definition) is 0. The zero-order valence-electron chi connectivity index (χ0n) is 14.8. The van der Waals surface area contributed by atoms with Crippen LogP contribution in [0.2, 0.25) is 0 Å². The Morgan fingerprint density at radius 3 is 2.58 bits per heavy atom. The summed E-state index contributed by atoms with van der Waals surface area (Å²) in [5.74, 6) is -0.0882. The predicted molar refractivity (Wildman–Crippen MR) is 91.8 cm³/mol. The number of aromatic nitrogens is 2. The molecule has 2 aliphatic rings. The molecule has 0 aromatic carbocycles. The Kier molecular flexibility index (Phi) is 4.89. The molecule has 0 bridgehead atoms. The van der Waals surface area contributed by atoms with Gasteiger partial charge in [-0.1, -0.05) is 6.92 Å². The minimum atomic E-state index is -0.229. The largest absolute Gasteiger partial charge is 0.340 e. The lowest BCUT2D eigenvalue weighted by molar-refractivity contribution is -0.137. The van der Waals surface area contributed by atoms with Crippen molar-refractivity contribution in [3.63, 3.8) is 0 Å². The van der Waals surface area contributed by atoms with E-state index in [9.17, 15) is 9.59 Å². The van der Waals surface area contributed by atoms with Crippen LogP contribution in [0.1, 0.15) is 33.2 Å². The smallest absolute Gasteiger partial charge is 0.228 e. The van der Waals surface area contributed by atoms with E-state index >= 15 is 0 Å². The Labute approximate surface area is 143 Å². The van der Waals surface area contributed by atoms with Crippen molar-refractivity contribution in [2.45, 2.75) is 33.2 Å². The number of anilines is 1. The number of hydrogen-bond acceptors (Lipinski definition) is 4. The van der Waals surface area contributed by atoms with E-state index in [1.165, 1.54) is 0 Å². The lowest BCUT2D eigenvalue weighted by Gasteiger charge is -2.35. The van der Waals surface area contributed by atoms with Crippen LogP contribution in [0.15, 0.2) is 12.4 Å². The SMILES string of the molecule is CCN1CCN(C(=O)[C@H]2CC(=O)N(c3cnn(C(C)C)c3)C2)CC1. The highest BCUT2D eigenvalue weighted by Crippen LogP contribution is 2.27. The molecule has 7 nitrogen and oxygen atoms in total. The van der Waals surface area contributed by atoms with Gasteiger partial charge in [0.15, 0.2) is 0 Å². The van der Waals surface area contributed by atoms with Crippen LogP contribution in [-0.2, 0) is 9.59 Å². The van der Waals surface area contributed by atoms with Crippen LogP contribution in [0.25, 0.3) is 0 Å². The Balaban J connectivity index is 1.62. The highest BCUT2D eigenvalue weighted by molar-refractivity contribution is 6.00. The second-order valence-corrected chi connectivity index (χ2v) is 6.94. The van der Waals surface area contributed by atoms with E-state index in [1.54, 1.807) is 11.1 Å². The number of carbonyl (C=O) groups excluding carboxylic acids is 2. The highest BCUT2D eigenvalue weighted by Gasteiger charge is 2.38. The first-order chi connectivity index (χ1) is 11.5. The molecule has 0 unspecified atom stereocenters. The number of carbonyl (C=O) groups is 2. The molecule has 2 amide bonds. The van der Waals surface area contributed by atoms with Gasteiger partial charge < -0.3 is 14.7 Å². The second-order valence-electron chi connectivity index (χ2n) is 6.94. The molecule has 7 heteroatoms. The molecule has 0 N–H and O–H groups in total. The number of piperazine rings is 1. The van der Waals surface area contributed by atoms with Crippen molar-refractivity contribution in [2.75, 3.05) is 44.2 Å². The van der Waals surface area contributed by atoms with Crippen LogP contribution >= 0.6 is 0 Å². The molecule has 2 fully saturated rings. The number of amides is 2. The molecule has 0 radical (unpaired) electrons. The quantitative estimate of drug-likeness (QED) is 0.824. The third-order valence-corrected chi connectivity index (χ3v) is 5.03. The fraction of sp³-hybridized carbons (Fsp3) is 0.706. The fourth-order valence-corrected chi connectivity index (χ4v) is 3.42. The maximum atomic E-state index is 12.7. The van der Waals surface area contributed by atoms with Gasteiger partial charge >= 0.3 is 0 Å². The standard InChI is InChI=1S/C17H27N5O2/c1-4-19-5-7-20(8-6-19)17(24)14-9-16(23)21(11-14)15-10-18-22(12-15)13(2)3/h10,12-14H,4-9,11H2,1-3H3/t14-/m0/s1. The molecule has 2 saturated heterocycles. The Bertz CT molecular complexity index is 604. The molecule has 0 aliphatic carbocycles. The Hall–Kier alpha value is -1.89. The first-order valence-corrected chi connectivity index (χ1v) is 8.85. The van der Waals surface area contributed by atoms with Gasteiger partial charge in [-0.25, -0.2) is 0 Å². The molecule has 3 heterocycles. The van der Waals surface area contributed by atoms with Gasteiger partial charge in [-0.15, -0.1) is 0 Å². The monoisotopic (exact) mass is 333 g/mol. The number of nitrogens with zero attached hydrogens (tertiary/aromatic N) is 5. The van der Waals surface area contributed by atoms with Crippen LogP contribution in [-0.4, -0.2) is 70.7 Å². The van der Waals surface area contributed by atoms with Crippen molar-refractivity contribution in [1.82, 2.24) is 19.6 Å². The van der Waals surface area contributed by atoms with Gasteiger partial charge in [-0.3, -0.25) is 14.3 Å². The second kappa shape index (κ2) is 6.93. The van der Waals surface area contributed by atoms with Gasteiger partial charge in [0.1, 0.15) is 0 Å². The summed E-state index contributed by atoms with van der Waals surface area (Å²) >= 11 is 0. The van der Waals surface area contributed by atoms with Gasteiger partial charge in [-0.2, -0.15) is 5.10 Å². The molecule has 24 heavy (non-hydrogen) atoms. The van der Waals surface area contributed by atoms with Gasteiger partial charge in [0.2, 0.25) is 11.8 Å². The first kappa shape index (κ1) is 17.0. The molecule has 3 rings (SSSR count). The van der Waals surface area contributed by atoms with Gasteiger partial charge in [0.25, 0.3) is 0 Å². The maximum Gasteiger partial charge on any atom is 0.228 e. The lowest BCUT2D eigenvalue weighted by Crippen LogP contribution is -2.50. The first-order valence-electron chi connectivity index (χ1n) is 8.85. The predicted octanol–water partition coefficient (Wildman–Crippen LogP) is 0.981. The van der Waals surface area contributed by atoms with Crippen molar-refractivity contribution in [3.8, 4) is 0 Å². The molecule has 2 aliphatic heterocycles. The van der Waals surface area contributed by atoms with Crippen LogP contribution in [0, 0.1) is 5.92 Å². The third kappa shape index (κ3) is 3.31. The number of likely N-dealkylation sites (N-methyl/N-ethyl adjacent to an activating group) is 1. The van der Waals surface area contributed by atoms with Crippen molar-refractivity contribution < 1.29 is 9.59 Å². The average molecular weight is 333 g/mol. The number of rotatable bonds is 4. The normalized spacial score (nSPS) is 22.7. The molecule has 132 valence electrons. The molecular formula is C17H27N5O2. The average Bonchev–Trinajstić information content (AvgIpc) is 3.21. The molecule has 0 spiro atoms. The van der Waals surface area contributed by atoms with Crippen molar-refractivity contribution in [2.24, 2.45) is 5.92 Å². The summed E-state index contributed by atoms with van der Waals surface area (Å²) in [6, 6.07) is 0.253. The van der Waals surface area contributed by atoms with E-state index < -0.39 is 0 Å². The van der Waals surface area contributed by atoms with E-state index in [0.717, 1.165) is 38.4 Å². The summed E-state index contributed by atoms with van der Waals surface area (Å²) < 4.78 is 1.84. The Morgan fingerprint density at radius 2 is 2.00 bits per heavy atom. The van der Waals surface area contributed by atoms with Crippen molar-refractivity contribution >= 4 is 17.5 Å². The van der Waals surface area contributed by atoms with E-state index in [1.807, 2.05) is 29.6 Å². The van der Waals surface area contributed by atoms with E-state index in [0.29, 0.717) is 13.0 Å². The van der Waals surface area contributed by atoms with E-state index in [2.05, 4.69) is 16.9 Å². The summed E-state index contributed by atoms with van der Waals surface area (Å²) in [5.41, 5.74) is 0.791. The zero-order chi connectivity index (χ0) is 17.3. The maximum absolute atomic E-state index is 12.7. The van der Waals surface area contributed by atoms with Crippen LogP contribution < -0.4 is 4.90 Å². The van der Waals surface area contributed by atoms with Crippen molar-refractivity contribution in [3.05, 3.63) is 12.4 Å². The van der Waals surface area contributed by atoms with E-state index in [4.69, 9.17) is 0 Å². The summed E-state index contributed by atoms with van der Waals surface area (Å²) in [6.07, 6.45) is 3.90. The highest BCUT2D eigenvalue weighted by atomic mass is 16.2. The lowest BCUT2D eigenvalue weighted by atomic mass is 10.1. The minimum absolute atomic E-state index is 0.0175. The molecular weight excluding hydrogens is 306 g/mol. The zero-order valence-corrected chi connectivity index (χ0v) is 14.8. The van der Waals surface area contributed by atoms with Crippen LogP contribution in [0.4, 0.5) is 5.69 Å². The Morgan fingerprint density at radius 1 is 1.29 bits per heavy atom.